The summed E-state index contributed by atoms with van der Waals surface area (Å²) >= 11 is 1.46. The van der Waals surface area contributed by atoms with E-state index in [2.05, 4.69) is 6.07 Å². The number of carbonyl (C=O) groups is 2. The zero-order valence-corrected chi connectivity index (χ0v) is 19.6. The number of thiophene rings is 1. The average Bonchev–Trinajstić information content (AvgIpc) is 3.25. The van der Waals surface area contributed by atoms with E-state index in [0.29, 0.717) is 32.4 Å². The quantitative estimate of drug-likeness (QED) is 0.473. The molecule has 9 heteroatoms. The molecule has 5 unspecified atom stereocenters. The number of aliphatic hydroxyl groups excluding tert-OH is 3. The van der Waals surface area contributed by atoms with Crippen LogP contribution < -0.4 is 0 Å². The summed E-state index contributed by atoms with van der Waals surface area (Å²) in [5.74, 6) is -1.25. The van der Waals surface area contributed by atoms with Gasteiger partial charge < -0.3 is 25.2 Å². The van der Waals surface area contributed by atoms with Gasteiger partial charge in [0.05, 0.1) is 25.0 Å². The number of piperidine rings is 1. The van der Waals surface area contributed by atoms with Gasteiger partial charge >= 0.3 is 5.97 Å². The molecule has 3 heterocycles. The Morgan fingerprint density at radius 1 is 1.03 bits per heavy atom. The Hall–Kier alpha value is -2.40. The average molecular weight is 487 g/mol. The third-order valence-electron chi connectivity index (χ3n) is 7.47. The molecular weight excluding hydrogens is 458 g/mol. The lowest BCUT2D eigenvalue weighted by molar-refractivity contribution is -0.963. The Balaban J connectivity index is 1.49. The van der Waals surface area contributed by atoms with Gasteiger partial charge in [-0.25, -0.2) is 4.79 Å². The minimum Gasteiger partial charge on any atom is -0.479 e. The standard InChI is InChI=1S/C25H27NO7S/c1-26(24-21(30)19(28)20(29)22(33-24)25(31)32)9-6-13(7-10-26)18-15-5-3-2-4-14(15)12-17(27)23-16(18)8-11-34-23/h2-5,8,11,19-22,24,28-30H,6-7,9-10,12H2,1H3/p+1. The number of aliphatic hydroxyl groups is 3. The van der Waals surface area contributed by atoms with Crippen LogP contribution in [0.4, 0.5) is 0 Å². The number of hydrogen-bond donors (Lipinski definition) is 4. The van der Waals surface area contributed by atoms with Gasteiger partial charge in [-0.05, 0) is 28.1 Å². The molecule has 5 rings (SSSR count). The van der Waals surface area contributed by atoms with Gasteiger partial charge in [0, 0.05) is 24.8 Å². The number of carbonyl (C=O) groups excluding carboxylic acids is 1. The molecule has 1 aromatic heterocycles. The molecule has 5 atom stereocenters. The second-order valence-electron chi connectivity index (χ2n) is 9.58. The van der Waals surface area contributed by atoms with E-state index in [1.54, 1.807) is 0 Å². The molecule has 2 fully saturated rings. The second-order valence-corrected chi connectivity index (χ2v) is 10.5. The maximum Gasteiger partial charge on any atom is 0.335 e. The molecule has 8 nitrogen and oxygen atoms in total. The van der Waals surface area contributed by atoms with Crippen molar-refractivity contribution in [2.75, 3.05) is 20.1 Å². The molecule has 0 radical (unpaired) electrons. The molecular formula is C25H28NO7S+. The number of nitrogens with zero attached hydrogens (tertiary/aromatic N) is 1. The molecule has 1 aliphatic carbocycles. The second kappa shape index (κ2) is 8.67. The van der Waals surface area contributed by atoms with Crippen LogP contribution in [0.3, 0.4) is 0 Å². The first kappa shape index (κ1) is 23.3. The van der Waals surface area contributed by atoms with Crippen LogP contribution in [0.2, 0.25) is 0 Å². The van der Waals surface area contributed by atoms with E-state index in [1.807, 2.05) is 36.7 Å². The third-order valence-corrected chi connectivity index (χ3v) is 8.43. The van der Waals surface area contributed by atoms with Crippen LogP contribution in [0, 0.1) is 0 Å². The Labute approximate surface area is 200 Å². The summed E-state index contributed by atoms with van der Waals surface area (Å²) in [7, 11) is 1.87. The molecule has 4 N–H and O–H groups in total. The van der Waals surface area contributed by atoms with E-state index in [0.717, 1.165) is 27.1 Å². The molecule has 34 heavy (non-hydrogen) atoms. The predicted octanol–water partition coefficient (Wildman–Crippen LogP) is 1.42. The van der Waals surface area contributed by atoms with Crippen LogP contribution in [0.25, 0.3) is 5.57 Å². The highest BCUT2D eigenvalue weighted by atomic mass is 32.1. The highest BCUT2D eigenvalue weighted by molar-refractivity contribution is 7.12. The van der Waals surface area contributed by atoms with Crippen molar-refractivity contribution in [2.24, 2.45) is 0 Å². The van der Waals surface area contributed by atoms with Gasteiger partial charge in [0.15, 0.2) is 18.0 Å². The monoisotopic (exact) mass is 486 g/mol. The number of ether oxygens (including phenoxy) is 1. The molecule has 2 aliphatic heterocycles. The fourth-order valence-corrected chi connectivity index (χ4v) is 6.36. The summed E-state index contributed by atoms with van der Waals surface area (Å²) in [5, 5.41) is 42.4. The lowest BCUT2D eigenvalue weighted by Crippen LogP contribution is -2.70. The normalized spacial score (nSPS) is 33.8. The SMILES string of the molecule is C[N+]1(C2OC(C(=O)O)C(O)C(O)C2O)CCC(=C2c3ccccc3CC(=O)c3sccc32)CC1. The van der Waals surface area contributed by atoms with Gasteiger partial charge in [-0.1, -0.05) is 29.8 Å². The molecule has 180 valence electrons. The molecule has 2 aromatic rings. The molecule has 0 saturated carbocycles. The van der Waals surface area contributed by atoms with Crippen LogP contribution in [0.5, 0.6) is 0 Å². The van der Waals surface area contributed by atoms with Crippen molar-refractivity contribution in [1.82, 2.24) is 0 Å². The summed E-state index contributed by atoms with van der Waals surface area (Å²) in [5.41, 5.74) is 5.33. The molecule has 2 saturated heterocycles. The Bertz CT molecular complexity index is 1160. The van der Waals surface area contributed by atoms with Crippen molar-refractivity contribution in [2.45, 2.75) is 49.9 Å². The van der Waals surface area contributed by atoms with Crippen LogP contribution in [-0.2, 0) is 16.0 Å². The Morgan fingerprint density at radius 3 is 2.44 bits per heavy atom. The van der Waals surface area contributed by atoms with Gasteiger partial charge in [-0.15, -0.1) is 11.3 Å². The predicted molar refractivity (Wildman–Crippen MR) is 124 cm³/mol. The van der Waals surface area contributed by atoms with Crippen molar-refractivity contribution < 1.29 is 39.2 Å². The number of quaternary nitrogens is 1. The maximum atomic E-state index is 12.9. The number of carboxylic acids is 1. The van der Waals surface area contributed by atoms with Gasteiger partial charge in [0.1, 0.15) is 12.2 Å². The van der Waals surface area contributed by atoms with Crippen LogP contribution in [0.1, 0.15) is 39.2 Å². The van der Waals surface area contributed by atoms with E-state index in [1.165, 1.54) is 16.9 Å². The van der Waals surface area contributed by atoms with Crippen LogP contribution >= 0.6 is 11.3 Å². The first-order chi connectivity index (χ1) is 16.2. The summed E-state index contributed by atoms with van der Waals surface area (Å²) in [6.45, 7) is 1.09. The number of likely N-dealkylation sites (tertiary alicyclic amines) is 1. The minimum atomic E-state index is -1.70. The van der Waals surface area contributed by atoms with E-state index >= 15 is 0 Å². The van der Waals surface area contributed by atoms with Crippen molar-refractivity contribution in [3.63, 3.8) is 0 Å². The fraction of sp³-hybridized carbons (Fsp3) is 0.440. The number of ketones is 1. The highest BCUT2D eigenvalue weighted by Gasteiger charge is 2.54. The minimum absolute atomic E-state index is 0.121. The van der Waals surface area contributed by atoms with E-state index in [4.69, 9.17) is 4.74 Å². The van der Waals surface area contributed by atoms with Crippen molar-refractivity contribution in [1.29, 1.82) is 0 Å². The van der Waals surface area contributed by atoms with Gasteiger partial charge in [0.25, 0.3) is 0 Å². The zero-order valence-electron chi connectivity index (χ0n) is 18.8. The first-order valence-electron chi connectivity index (χ1n) is 11.4. The number of likely N-dealkylation sites (N-methyl/N-ethyl adjacent to an activating group) is 1. The first-order valence-corrected chi connectivity index (χ1v) is 12.3. The molecule has 0 bridgehead atoms. The third kappa shape index (κ3) is 3.73. The Kier molecular flexibility index (Phi) is 5.96. The number of benzene rings is 1. The number of fused-ring (bicyclic) bond motifs is 2. The van der Waals surface area contributed by atoms with Gasteiger partial charge in [-0.3, -0.25) is 9.28 Å². The summed E-state index contributed by atoms with van der Waals surface area (Å²) < 4.78 is 5.86. The van der Waals surface area contributed by atoms with Crippen molar-refractivity contribution in [3.8, 4) is 0 Å². The van der Waals surface area contributed by atoms with Crippen molar-refractivity contribution in [3.05, 3.63) is 62.9 Å². The van der Waals surface area contributed by atoms with Crippen LogP contribution in [0.15, 0.2) is 41.3 Å². The molecule has 3 aliphatic rings. The van der Waals surface area contributed by atoms with E-state index in [-0.39, 0.29) is 10.3 Å². The molecule has 0 amide bonds. The smallest absolute Gasteiger partial charge is 0.335 e. The fourth-order valence-electron chi connectivity index (χ4n) is 5.52. The lowest BCUT2D eigenvalue weighted by Gasteiger charge is -2.50. The molecule has 0 spiro atoms. The number of carboxylic acid groups (broad SMARTS) is 1. The number of hydrogen-bond acceptors (Lipinski definition) is 7. The van der Waals surface area contributed by atoms with E-state index in [9.17, 15) is 30.0 Å². The Morgan fingerprint density at radius 2 is 1.74 bits per heavy atom. The number of Topliss-reactive ketones (excluding diaryl/α,β-unsaturated/α-hetero) is 1. The van der Waals surface area contributed by atoms with E-state index < -0.39 is 36.6 Å². The molecule has 1 aromatic carbocycles. The van der Waals surface area contributed by atoms with Crippen LogP contribution in [-0.4, -0.2) is 87.4 Å². The van der Waals surface area contributed by atoms with Gasteiger partial charge in [-0.2, -0.15) is 0 Å². The summed E-state index contributed by atoms with van der Waals surface area (Å²) in [4.78, 5) is 25.2. The topological polar surface area (TPSA) is 124 Å². The number of rotatable bonds is 2. The van der Waals surface area contributed by atoms with Gasteiger partial charge in [0.2, 0.25) is 6.23 Å². The largest absolute Gasteiger partial charge is 0.479 e. The summed E-state index contributed by atoms with van der Waals surface area (Å²) in [6, 6.07) is 9.99. The lowest BCUT2D eigenvalue weighted by atomic mass is 9.86. The maximum absolute atomic E-state index is 12.9. The summed E-state index contributed by atoms with van der Waals surface area (Å²) in [6.07, 6.45) is -5.62. The van der Waals surface area contributed by atoms with Crippen molar-refractivity contribution >= 4 is 28.7 Å². The number of aliphatic carboxylic acids is 1. The zero-order chi connectivity index (χ0) is 24.2. The highest BCUT2D eigenvalue weighted by Crippen LogP contribution is 2.42.